The lowest BCUT2D eigenvalue weighted by Crippen LogP contribution is -2.22. The molecule has 0 unspecified atom stereocenters. The highest BCUT2D eigenvalue weighted by atomic mass is 32.2. The van der Waals surface area contributed by atoms with Gasteiger partial charge in [-0.1, -0.05) is 12.1 Å². The van der Waals surface area contributed by atoms with Crippen LogP contribution in [0.15, 0.2) is 53.4 Å². The minimum Gasteiger partial charge on any atom is -0.454 e. The summed E-state index contributed by atoms with van der Waals surface area (Å²) in [6, 6.07) is 12.3. The largest absolute Gasteiger partial charge is 0.454 e. The summed E-state index contributed by atoms with van der Waals surface area (Å²) < 4.78 is 76.6. The minimum atomic E-state index is -4.57. The second-order valence-corrected chi connectivity index (χ2v) is 10.1. The van der Waals surface area contributed by atoms with Crippen molar-refractivity contribution in [3.8, 4) is 33.8 Å². The molecule has 3 aromatic carbocycles. The summed E-state index contributed by atoms with van der Waals surface area (Å²) in [6.45, 7) is 0.0154. The van der Waals surface area contributed by atoms with E-state index in [-0.39, 0.29) is 23.1 Å². The van der Waals surface area contributed by atoms with Crippen LogP contribution in [-0.2, 0) is 16.2 Å². The number of fused-ring (bicyclic) bond motifs is 1. The van der Waals surface area contributed by atoms with Crippen LogP contribution in [0.3, 0.4) is 0 Å². The lowest BCUT2D eigenvalue weighted by molar-refractivity contribution is -0.136. The normalized spacial score (nSPS) is 13.1. The van der Waals surface area contributed by atoms with E-state index in [1.54, 1.807) is 52.5 Å². The van der Waals surface area contributed by atoms with E-state index in [0.29, 0.717) is 33.8 Å². The number of hydrogen-bond donors (Lipinski definition) is 1. The Hall–Kier alpha value is -3.44. The van der Waals surface area contributed by atoms with E-state index >= 15 is 0 Å². The van der Waals surface area contributed by atoms with E-state index < -0.39 is 21.8 Å². The monoisotopic (exact) mass is 507 g/mol. The number of anilines is 2. The maximum absolute atomic E-state index is 14.1. The van der Waals surface area contributed by atoms with Crippen LogP contribution in [0, 0.1) is 0 Å². The van der Waals surface area contributed by atoms with Crippen LogP contribution in [0.4, 0.5) is 24.5 Å². The first-order valence-electron chi connectivity index (χ1n) is 10.4. The predicted octanol–water partition coefficient (Wildman–Crippen LogP) is 4.55. The van der Waals surface area contributed by atoms with Crippen LogP contribution in [0.2, 0.25) is 0 Å². The summed E-state index contributed by atoms with van der Waals surface area (Å²) in [5.41, 5.74) is 1.65. The number of ether oxygens (including phenoxy) is 2. The highest BCUT2D eigenvalue weighted by molar-refractivity contribution is 7.89. The third kappa shape index (κ3) is 4.73. The standard InChI is InChI=1S/C24H24F3N3O4S/c1-29(2)19-9-15(10-20(30(3)4)23(19)24(25,26)27)18-12-22-21(33-13-34-22)11-17(18)14-5-7-16(8-6-14)35(28,31)32/h5-12H,13H2,1-4H3,(H2,28,31,32). The third-order valence-corrected chi connectivity index (χ3v) is 6.59. The first-order valence-corrected chi connectivity index (χ1v) is 12.0. The number of sulfonamides is 1. The molecule has 0 bridgehead atoms. The van der Waals surface area contributed by atoms with E-state index in [1.165, 1.54) is 34.1 Å². The molecule has 0 aromatic heterocycles. The molecule has 11 heteroatoms. The van der Waals surface area contributed by atoms with Crippen molar-refractivity contribution in [1.29, 1.82) is 0 Å². The van der Waals surface area contributed by atoms with Gasteiger partial charge in [-0.3, -0.25) is 0 Å². The Morgan fingerprint density at radius 3 is 1.66 bits per heavy atom. The average molecular weight is 508 g/mol. The van der Waals surface area contributed by atoms with Gasteiger partial charge in [0.15, 0.2) is 11.5 Å². The molecule has 4 rings (SSSR count). The fourth-order valence-electron chi connectivity index (χ4n) is 4.01. The van der Waals surface area contributed by atoms with E-state index in [9.17, 15) is 21.6 Å². The van der Waals surface area contributed by atoms with Gasteiger partial charge in [-0.05, 0) is 58.7 Å². The van der Waals surface area contributed by atoms with Crippen molar-refractivity contribution in [2.24, 2.45) is 5.14 Å². The molecule has 0 amide bonds. The molecule has 0 atom stereocenters. The summed E-state index contributed by atoms with van der Waals surface area (Å²) in [5, 5.41) is 5.21. The predicted molar refractivity (Wildman–Crippen MR) is 128 cm³/mol. The molecule has 7 nitrogen and oxygen atoms in total. The maximum Gasteiger partial charge on any atom is 0.420 e. The SMILES string of the molecule is CN(C)c1cc(-c2cc3c(cc2-c2ccc(S(N)(=O)=O)cc2)OCO3)cc(N(C)C)c1C(F)(F)F. The van der Waals surface area contributed by atoms with Gasteiger partial charge >= 0.3 is 6.18 Å². The quantitative estimate of drug-likeness (QED) is 0.546. The van der Waals surface area contributed by atoms with Crippen molar-refractivity contribution in [1.82, 2.24) is 0 Å². The maximum atomic E-state index is 14.1. The topological polar surface area (TPSA) is 85.1 Å². The molecule has 0 aliphatic carbocycles. The van der Waals surface area contributed by atoms with Gasteiger partial charge in [-0.25, -0.2) is 13.6 Å². The summed E-state index contributed by atoms with van der Waals surface area (Å²) >= 11 is 0. The Bertz CT molecular complexity index is 1360. The molecule has 0 saturated carbocycles. The summed E-state index contributed by atoms with van der Waals surface area (Å²) in [5.74, 6) is 0.939. The molecule has 0 radical (unpaired) electrons. The van der Waals surface area contributed by atoms with Crippen molar-refractivity contribution in [2.75, 3.05) is 44.8 Å². The van der Waals surface area contributed by atoms with Gasteiger partial charge in [0.2, 0.25) is 16.8 Å². The minimum absolute atomic E-state index is 0.00638. The number of hydrogen-bond acceptors (Lipinski definition) is 6. The Kier molecular flexibility index (Phi) is 6.10. The van der Waals surface area contributed by atoms with E-state index in [2.05, 4.69) is 0 Å². The Morgan fingerprint density at radius 2 is 1.26 bits per heavy atom. The number of primary sulfonamides is 1. The third-order valence-electron chi connectivity index (χ3n) is 5.66. The van der Waals surface area contributed by atoms with Crippen LogP contribution in [0.5, 0.6) is 11.5 Å². The Balaban J connectivity index is 2.00. The number of nitrogens with zero attached hydrogens (tertiary/aromatic N) is 2. The van der Waals surface area contributed by atoms with Crippen molar-refractivity contribution >= 4 is 21.4 Å². The molecule has 35 heavy (non-hydrogen) atoms. The smallest absolute Gasteiger partial charge is 0.420 e. The molecule has 2 N–H and O–H groups in total. The van der Waals surface area contributed by atoms with Crippen LogP contribution in [-0.4, -0.2) is 43.4 Å². The molecule has 0 fully saturated rings. The van der Waals surface area contributed by atoms with Gasteiger partial charge in [-0.2, -0.15) is 13.2 Å². The lowest BCUT2D eigenvalue weighted by Gasteiger charge is -2.27. The first kappa shape index (κ1) is 24.7. The molecule has 0 spiro atoms. The highest BCUT2D eigenvalue weighted by Gasteiger charge is 2.38. The van der Waals surface area contributed by atoms with Crippen molar-refractivity contribution in [3.63, 3.8) is 0 Å². The molecule has 186 valence electrons. The molecule has 1 aliphatic heterocycles. The fourth-order valence-corrected chi connectivity index (χ4v) is 4.52. The molecule has 1 aliphatic rings. The van der Waals surface area contributed by atoms with Gasteiger partial charge in [0.05, 0.1) is 16.3 Å². The van der Waals surface area contributed by atoms with Gasteiger partial charge < -0.3 is 19.3 Å². The highest BCUT2D eigenvalue weighted by Crippen LogP contribution is 2.48. The average Bonchev–Trinajstić information content (AvgIpc) is 3.23. The number of nitrogens with two attached hydrogens (primary N) is 1. The Morgan fingerprint density at radius 1 is 0.800 bits per heavy atom. The Labute approximate surface area is 201 Å². The second-order valence-electron chi connectivity index (χ2n) is 8.50. The summed E-state index contributed by atoms with van der Waals surface area (Å²) in [4.78, 5) is 2.79. The fraction of sp³-hybridized carbons (Fsp3) is 0.250. The lowest BCUT2D eigenvalue weighted by atomic mass is 9.91. The van der Waals surface area contributed by atoms with Crippen LogP contribution < -0.4 is 24.4 Å². The number of halogens is 3. The van der Waals surface area contributed by atoms with Crippen molar-refractivity contribution in [2.45, 2.75) is 11.1 Å². The van der Waals surface area contributed by atoms with Crippen molar-refractivity contribution < 1.29 is 31.1 Å². The van der Waals surface area contributed by atoms with E-state index in [4.69, 9.17) is 14.6 Å². The molecule has 1 heterocycles. The van der Waals surface area contributed by atoms with E-state index in [0.717, 1.165) is 0 Å². The van der Waals surface area contributed by atoms with E-state index in [1.807, 2.05) is 0 Å². The molecule has 0 saturated heterocycles. The van der Waals surface area contributed by atoms with Gasteiger partial charge in [-0.15, -0.1) is 0 Å². The second kappa shape index (κ2) is 8.65. The van der Waals surface area contributed by atoms with Crippen LogP contribution in [0.1, 0.15) is 5.56 Å². The van der Waals surface area contributed by atoms with Crippen LogP contribution >= 0.6 is 0 Å². The molecule has 3 aromatic rings. The molecular formula is C24H24F3N3O4S. The number of rotatable bonds is 5. The van der Waals surface area contributed by atoms with Crippen LogP contribution in [0.25, 0.3) is 22.3 Å². The van der Waals surface area contributed by atoms with Crippen molar-refractivity contribution in [3.05, 3.63) is 54.1 Å². The number of alkyl halides is 3. The molecular weight excluding hydrogens is 483 g/mol. The first-order chi connectivity index (χ1) is 16.3. The summed E-state index contributed by atoms with van der Waals surface area (Å²) in [6.07, 6.45) is -4.57. The zero-order valence-electron chi connectivity index (χ0n) is 19.5. The summed E-state index contributed by atoms with van der Waals surface area (Å²) in [7, 11) is 2.34. The number of benzene rings is 3. The zero-order valence-corrected chi connectivity index (χ0v) is 20.3. The van der Waals surface area contributed by atoms with Gasteiger partial charge in [0.25, 0.3) is 0 Å². The zero-order chi connectivity index (χ0) is 25.7. The van der Waals surface area contributed by atoms with Gasteiger partial charge in [0.1, 0.15) is 5.56 Å². The van der Waals surface area contributed by atoms with Gasteiger partial charge in [0, 0.05) is 28.2 Å².